The maximum atomic E-state index is 13.3. The second kappa shape index (κ2) is 9.00. The summed E-state index contributed by atoms with van der Waals surface area (Å²) in [5.41, 5.74) is -1.03. The first-order chi connectivity index (χ1) is 13.9. The second-order valence-corrected chi connectivity index (χ2v) is 7.59. The number of carboxylic acids is 1. The van der Waals surface area contributed by atoms with Crippen molar-refractivity contribution in [3.63, 3.8) is 0 Å². The Morgan fingerprint density at radius 2 is 2.00 bits per heavy atom. The first kappa shape index (κ1) is 21.4. The predicted octanol–water partition coefficient (Wildman–Crippen LogP) is 2.05. The predicted molar refractivity (Wildman–Crippen MR) is 102 cm³/mol. The monoisotopic (exact) mass is 406 g/mol. The van der Waals surface area contributed by atoms with Gasteiger partial charge >= 0.3 is 5.97 Å². The lowest BCUT2D eigenvalue weighted by Gasteiger charge is -2.47. The van der Waals surface area contributed by atoms with E-state index in [-0.39, 0.29) is 37.9 Å². The molecule has 2 atom stereocenters. The third-order valence-electron chi connectivity index (χ3n) is 5.82. The van der Waals surface area contributed by atoms with Crippen LogP contribution in [0.25, 0.3) is 0 Å². The van der Waals surface area contributed by atoms with Gasteiger partial charge in [-0.1, -0.05) is 25.5 Å². The van der Waals surface area contributed by atoms with Crippen molar-refractivity contribution in [2.75, 3.05) is 26.3 Å². The van der Waals surface area contributed by atoms with E-state index in [0.29, 0.717) is 25.8 Å². The second-order valence-electron chi connectivity index (χ2n) is 7.59. The Bertz CT molecular complexity index is 769. The van der Waals surface area contributed by atoms with Gasteiger partial charge < -0.3 is 14.7 Å². The quantitative estimate of drug-likeness (QED) is 0.711. The van der Waals surface area contributed by atoms with E-state index >= 15 is 0 Å². The largest absolute Gasteiger partial charge is 0.478 e. The lowest BCUT2D eigenvalue weighted by Crippen LogP contribution is -2.70. The first-order valence-corrected chi connectivity index (χ1v) is 10.0. The van der Waals surface area contributed by atoms with Crippen LogP contribution < -0.4 is 0 Å². The van der Waals surface area contributed by atoms with E-state index in [0.717, 1.165) is 12.0 Å². The summed E-state index contributed by atoms with van der Waals surface area (Å²) in [4.78, 5) is 41.4. The van der Waals surface area contributed by atoms with Gasteiger partial charge in [-0.05, 0) is 30.5 Å². The number of carbonyl (C=O) groups is 3. The number of carbonyl (C=O) groups excluding carboxylic acids is 2. The molecule has 29 heavy (non-hydrogen) atoms. The zero-order valence-corrected chi connectivity index (χ0v) is 16.6. The molecule has 1 N–H and O–H groups in total. The number of benzene rings is 1. The maximum Gasteiger partial charge on any atom is 0.345 e. The third-order valence-corrected chi connectivity index (χ3v) is 5.82. The number of Topliss-reactive ketones (excluding diaryl/α,β-unsaturated/α-hetero) is 1. The van der Waals surface area contributed by atoms with Gasteiger partial charge in [-0.25, -0.2) is 9.18 Å². The summed E-state index contributed by atoms with van der Waals surface area (Å²) in [6.07, 6.45) is 2.16. The van der Waals surface area contributed by atoms with Crippen LogP contribution in [0.15, 0.2) is 24.3 Å². The normalized spacial score (nSPS) is 25.4. The molecule has 0 aliphatic carbocycles. The van der Waals surface area contributed by atoms with Gasteiger partial charge in [-0.2, -0.15) is 0 Å². The molecule has 2 heterocycles. The van der Waals surface area contributed by atoms with Crippen molar-refractivity contribution >= 4 is 17.7 Å². The standard InChI is InChI=1S/C21H27FN2O5/c1-2-3-4-18(25)17-9-10-23(13-15-5-7-16(22)8-6-15)21(17,20(27)28)24-11-12-29-14-19(24)26/h5-8,17H,2-4,9-14H2,1H3,(H,27,28)/t17?,21-/m0/s1. The minimum Gasteiger partial charge on any atom is -0.478 e. The highest BCUT2D eigenvalue weighted by Crippen LogP contribution is 2.41. The summed E-state index contributed by atoms with van der Waals surface area (Å²) in [5.74, 6) is -2.96. The van der Waals surface area contributed by atoms with Crippen molar-refractivity contribution in [3.8, 4) is 0 Å². The Hall–Kier alpha value is -2.32. The summed E-state index contributed by atoms with van der Waals surface area (Å²) >= 11 is 0. The molecule has 0 spiro atoms. The molecule has 1 aromatic carbocycles. The van der Waals surface area contributed by atoms with Gasteiger partial charge in [0, 0.05) is 26.1 Å². The minimum atomic E-state index is -1.75. The number of carboxylic acid groups (broad SMARTS) is 1. The van der Waals surface area contributed by atoms with Crippen molar-refractivity contribution in [1.82, 2.24) is 9.80 Å². The number of nitrogens with zero attached hydrogens (tertiary/aromatic N) is 2. The Labute approximate surface area is 169 Å². The summed E-state index contributed by atoms with van der Waals surface area (Å²) < 4.78 is 18.5. The molecule has 158 valence electrons. The number of hydrogen-bond donors (Lipinski definition) is 1. The SMILES string of the molecule is CCCCC(=O)C1CCN(Cc2ccc(F)cc2)[C@]1(C(=O)O)N1CCOCC1=O. The van der Waals surface area contributed by atoms with Gasteiger partial charge in [0.05, 0.1) is 12.5 Å². The summed E-state index contributed by atoms with van der Waals surface area (Å²) in [6.45, 7) is 2.67. The zero-order chi connectivity index (χ0) is 21.0. The molecule has 2 aliphatic heterocycles. The molecule has 8 heteroatoms. The van der Waals surface area contributed by atoms with Crippen LogP contribution in [-0.2, 0) is 25.7 Å². The van der Waals surface area contributed by atoms with E-state index in [1.54, 1.807) is 17.0 Å². The van der Waals surface area contributed by atoms with Crippen LogP contribution in [0.5, 0.6) is 0 Å². The number of aliphatic carboxylic acids is 1. The lowest BCUT2D eigenvalue weighted by molar-refractivity contribution is -0.187. The Kier molecular flexibility index (Phi) is 6.64. The van der Waals surface area contributed by atoms with Crippen LogP contribution in [0.1, 0.15) is 38.2 Å². The van der Waals surface area contributed by atoms with Crippen LogP contribution in [-0.4, -0.2) is 64.5 Å². The molecule has 1 aromatic rings. The van der Waals surface area contributed by atoms with E-state index in [1.165, 1.54) is 17.0 Å². The van der Waals surface area contributed by atoms with E-state index in [4.69, 9.17) is 4.74 Å². The highest BCUT2D eigenvalue weighted by molar-refractivity contribution is 5.95. The van der Waals surface area contributed by atoms with Crippen molar-refractivity contribution < 1.29 is 28.6 Å². The van der Waals surface area contributed by atoms with Gasteiger partial charge in [0.25, 0.3) is 5.91 Å². The van der Waals surface area contributed by atoms with Crippen molar-refractivity contribution in [1.29, 1.82) is 0 Å². The number of morpholine rings is 1. The van der Waals surface area contributed by atoms with E-state index in [9.17, 15) is 23.9 Å². The molecule has 2 saturated heterocycles. The summed E-state index contributed by atoms with van der Waals surface area (Å²) in [7, 11) is 0. The Morgan fingerprint density at radius 3 is 2.62 bits per heavy atom. The third kappa shape index (κ3) is 4.04. The van der Waals surface area contributed by atoms with Crippen LogP contribution in [0, 0.1) is 11.7 Å². The average molecular weight is 406 g/mol. The number of likely N-dealkylation sites (tertiary alicyclic amines) is 1. The number of unbranched alkanes of at least 4 members (excludes halogenated alkanes) is 1. The molecule has 7 nitrogen and oxygen atoms in total. The Balaban J connectivity index is 2.01. The van der Waals surface area contributed by atoms with Crippen LogP contribution in [0.3, 0.4) is 0 Å². The molecule has 1 amide bonds. The number of amides is 1. The van der Waals surface area contributed by atoms with Gasteiger partial charge in [0.1, 0.15) is 18.2 Å². The summed E-state index contributed by atoms with van der Waals surface area (Å²) in [5, 5.41) is 10.4. The number of rotatable bonds is 8. The van der Waals surface area contributed by atoms with Crippen LogP contribution in [0.2, 0.25) is 0 Å². The Morgan fingerprint density at radius 1 is 1.28 bits per heavy atom. The van der Waals surface area contributed by atoms with Crippen LogP contribution >= 0.6 is 0 Å². The summed E-state index contributed by atoms with van der Waals surface area (Å²) in [6, 6.07) is 5.82. The molecule has 2 aliphatic rings. The molecular formula is C21H27FN2O5. The number of ketones is 1. The van der Waals surface area contributed by atoms with E-state index in [2.05, 4.69) is 0 Å². The molecule has 1 unspecified atom stereocenters. The molecule has 0 bridgehead atoms. The van der Waals surface area contributed by atoms with Crippen molar-refractivity contribution in [3.05, 3.63) is 35.6 Å². The van der Waals surface area contributed by atoms with Gasteiger partial charge in [-0.15, -0.1) is 0 Å². The molecule has 0 aromatic heterocycles. The number of halogens is 1. The van der Waals surface area contributed by atoms with Crippen molar-refractivity contribution in [2.24, 2.45) is 5.92 Å². The van der Waals surface area contributed by atoms with E-state index < -0.39 is 23.5 Å². The minimum absolute atomic E-state index is 0.114. The average Bonchev–Trinajstić information content (AvgIpc) is 3.08. The highest BCUT2D eigenvalue weighted by Gasteiger charge is 2.62. The fourth-order valence-corrected chi connectivity index (χ4v) is 4.43. The van der Waals surface area contributed by atoms with E-state index in [1.807, 2.05) is 6.92 Å². The first-order valence-electron chi connectivity index (χ1n) is 10.0. The van der Waals surface area contributed by atoms with Crippen LogP contribution in [0.4, 0.5) is 4.39 Å². The van der Waals surface area contributed by atoms with Gasteiger partial charge in [0.15, 0.2) is 0 Å². The zero-order valence-electron chi connectivity index (χ0n) is 16.6. The maximum absolute atomic E-state index is 13.3. The highest BCUT2D eigenvalue weighted by atomic mass is 19.1. The molecule has 2 fully saturated rings. The lowest BCUT2D eigenvalue weighted by atomic mass is 9.84. The number of ether oxygens (including phenoxy) is 1. The molecule has 0 saturated carbocycles. The van der Waals surface area contributed by atoms with Gasteiger partial charge in [0.2, 0.25) is 5.66 Å². The van der Waals surface area contributed by atoms with Crippen molar-refractivity contribution in [2.45, 2.75) is 44.8 Å². The topological polar surface area (TPSA) is 87.2 Å². The van der Waals surface area contributed by atoms with Gasteiger partial charge in [-0.3, -0.25) is 14.5 Å². The fourth-order valence-electron chi connectivity index (χ4n) is 4.43. The molecule has 0 radical (unpaired) electrons. The molecule has 3 rings (SSSR count). The molecular weight excluding hydrogens is 379 g/mol. The smallest absolute Gasteiger partial charge is 0.345 e. The fraction of sp³-hybridized carbons (Fsp3) is 0.571. The number of hydrogen-bond acceptors (Lipinski definition) is 5.